The third-order valence-corrected chi connectivity index (χ3v) is 4.94. The van der Waals surface area contributed by atoms with Gasteiger partial charge in [-0.15, -0.1) is 0 Å². The molecule has 1 aromatic rings. The van der Waals surface area contributed by atoms with Gasteiger partial charge in [0, 0.05) is 33.6 Å². The van der Waals surface area contributed by atoms with E-state index < -0.39 is 5.41 Å². The van der Waals surface area contributed by atoms with Gasteiger partial charge in [-0.1, -0.05) is 20.8 Å². The molecule has 2 heterocycles. The standard InChI is InChI=1S/C14H20IN3OS/c1-14(2,3)13(19)17-11-9-16-12(8-10(11)15)18-4-6-20-7-5-18/h8-9H,4-7H2,1-3H3,(H,17,19). The fourth-order valence-electron chi connectivity index (χ4n) is 1.79. The number of rotatable bonds is 2. The van der Waals surface area contributed by atoms with Crippen molar-refractivity contribution < 1.29 is 4.79 Å². The van der Waals surface area contributed by atoms with Crippen LogP contribution in [0.4, 0.5) is 11.5 Å². The molecule has 0 aromatic carbocycles. The van der Waals surface area contributed by atoms with Crippen molar-refractivity contribution in [1.29, 1.82) is 0 Å². The minimum absolute atomic E-state index is 0.0133. The summed E-state index contributed by atoms with van der Waals surface area (Å²) in [7, 11) is 0. The molecule has 1 aromatic heterocycles. The first-order valence-corrected chi connectivity index (χ1v) is 8.91. The molecule has 20 heavy (non-hydrogen) atoms. The molecule has 1 N–H and O–H groups in total. The lowest BCUT2D eigenvalue weighted by Crippen LogP contribution is -2.33. The fourth-order valence-corrected chi connectivity index (χ4v) is 3.24. The van der Waals surface area contributed by atoms with Crippen LogP contribution >= 0.6 is 34.4 Å². The van der Waals surface area contributed by atoms with E-state index in [1.165, 1.54) is 0 Å². The van der Waals surface area contributed by atoms with Gasteiger partial charge in [-0.2, -0.15) is 11.8 Å². The van der Waals surface area contributed by atoms with Gasteiger partial charge < -0.3 is 10.2 Å². The van der Waals surface area contributed by atoms with E-state index in [4.69, 9.17) is 0 Å². The van der Waals surface area contributed by atoms with Crippen LogP contribution in [0.5, 0.6) is 0 Å². The number of anilines is 2. The molecule has 1 aliphatic heterocycles. The third-order valence-electron chi connectivity index (χ3n) is 3.10. The summed E-state index contributed by atoms with van der Waals surface area (Å²) in [4.78, 5) is 18.8. The Morgan fingerprint density at radius 3 is 2.60 bits per heavy atom. The van der Waals surface area contributed by atoms with Crippen LogP contribution in [0, 0.1) is 8.99 Å². The van der Waals surface area contributed by atoms with Gasteiger partial charge in [0.25, 0.3) is 0 Å². The Bertz CT molecular complexity index is 496. The van der Waals surface area contributed by atoms with Crippen molar-refractivity contribution in [2.75, 3.05) is 34.8 Å². The molecular formula is C14H20IN3OS. The number of carbonyl (C=O) groups is 1. The average Bonchev–Trinajstić information content (AvgIpc) is 2.41. The van der Waals surface area contributed by atoms with Crippen molar-refractivity contribution in [2.24, 2.45) is 5.41 Å². The Hall–Kier alpha value is -0.500. The molecule has 0 unspecified atom stereocenters. The highest BCUT2D eigenvalue weighted by atomic mass is 127. The number of pyridine rings is 1. The molecule has 1 saturated heterocycles. The van der Waals surface area contributed by atoms with Crippen LogP contribution in [0.3, 0.4) is 0 Å². The van der Waals surface area contributed by atoms with Gasteiger partial charge in [-0.3, -0.25) is 4.79 Å². The first kappa shape index (κ1) is 15.9. The Morgan fingerprint density at radius 2 is 2.05 bits per heavy atom. The first-order chi connectivity index (χ1) is 9.38. The van der Waals surface area contributed by atoms with Crippen molar-refractivity contribution in [2.45, 2.75) is 20.8 Å². The van der Waals surface area contributed by atoms with E-state index in [0.29, 0.717) is 0 Å². The summed E-state index contributed by atoms with van der Waals surface area (Å²) in [5.41, 5.74) is 0.395. The molecule has 0 radical (unpaired) electrons. The van der Waals surface area contributed by atoms with Crippen LogP contribution < -0.4 is 10.2 Å². The SMILES string of the molecule is CC(C)(C)C(=O)Nc1cnc(N2CCSCC2)cc1I. The van der Waals surface area contributed by atoms with E-state index in [-0.39, 0.29) is 5.91 Å². The van der Waals surface area contributed by atoms with E-state index in [1.807, 2.05) is 32.5 Å². The zero-order valence-electron chi connectivity index (χ0n) is 12.1. The monoisotopic (exact) mass is 405 g/mol. The molecule has 4 nitrogen and oxygen atoms in total. The molecule has 110 valence electrons. The highest BCUT2D eigenvalue weighted by Gasteiger charge is 2.22. The minimum atomic E-state index is -0.397. The van der Waals surface area contributed by atoms with Crippen molar-refractivity contribution >= 4 is 51.8 Å². The maximum atomic E-state index is 12.0. The first-order valence-electron chi connectivity index (χ1n) is 6.67. The second-order valence-electron chi connectivity index (χ2n) is 5.83. The van der Waals surface area contributed by atoms with Crippen LogP contribution in [0.25, 0.3) is 0 Å². The number of thioether (sulfide) groups is 1. The predicted molar refractivity (Wildman–Crippen MR) is 94.6 cm³/mol. The minimum Gasteiger partial charge on any atom is -0.355 e. The Balaban J connectivity index is 2.11. The largest absolute Gasteiger partial charge is 0.355 e. The molecule has 0 atom stereocenters. The predicted octanol–water partition coefficient (Wildman–Crippen LogP) is 3.22. The number of aromatic nitrogens is 1. The van der Waals surface area contributed by atoms with E-state index in [9.17, 15) is 4.79 Å². The summed E-state index contributed by atoms with van der Waals surface area (Å²) in [5, 5.41) is 2.95. The molecular weight excluding hydrogens is 385 g/mol. The van der Waals surface area contributed by atoms with Crippen molar-refractivity contribution in [3.05, 3.63) is 15.8 Å². The third kappa shape index (κ3) is 4.00. The molecule has 6 heteroatoms. The fraction of sp³-hybridized carbons (Fsp3) is 0.571. The summed E-state index contributed by atoms with van der Waals surface area (Å²) in [6.45, 7) is 7.80. The topological polar surface area (TPSA) is 45.2 Å². The number of carbonyl (C=O) groups excluding carboxylic acids is 1. The Morgan fingerprint density at radius 1 is 1.40 bits per heavy atom. The van der Waals surface area contributed by atoms with Crippen LogP contribution in [-0.4, -0.2) is 35.5 Å². The summed E-state index contributed by atoms with van der Waals surface area (Å²) in [6, 6.07) is 2.05. The lowest BCUT2D eigenvalue weighted by atomic mass is 9.96. The highest BCUT2D eigenvalue weighted by Crippen LogP contribution is 2.25. The maximum Gasteiger partial charge on any atom is 0.229 e. The van der Waals surface area contributed by atoms with Crippen LogP contribution in [0.2, 0.25) is 0 Å². The number of amides is 1. The highest BCUT2D eigenvalue weighted by molar-refractivity contribution is 14.1. The van der Waals surface area contributed by atoms with Gasteiger partial charge in [0.15, 0.2) is 0 Å². The molecule has 1 amide bonds. The van der Waals surface area contributed by atoms with E-state index in [1.54, 1.807) is 6.20 Å². The average molecular weight is 405 g/mol. The lowest BCUT2D eigenvalue weighted by molar-refractivity contribution is -0.123. The summed E-state index contributed by atoms with van der Waals surface area (Å²) in [5.74, 6) is 3.32. The van der Waals surface area contributed by atoms with Gasteiger partial charge in [0.2, 0.25) is 5.91 Å². The van der Waals surface area contributed by atoms with Gasteiger partial charge >= 0.3 is 0 Å². The number of nitrogens with one attached hydrogen (secondary N) is 1. The zero-order chi connectivity index (χ0) is 14.8. The van der Waals surface area contributed by atoms with Gasteiger partial charge in [0.05, 0.1) is 11.9 Å². The maximum absolute atomic E-state index is 12.0. The second kappa shape index (κ2) is 6.51. The normalized spacial score (nSPS) is 16.1. The number of halogens is 1. The number of nitrogens with zero attached hydrogens (tertiary/aromatic N) is 2. The molecule has 1 fully saturated rings. The summed E-state index contributed by atoms with van der Waals surface area (Å²) >= 11 is 4.24. The van der Waals surface area contributed by atoms with Crippen molar-refractivity contribution in [1.82, 2.24) is 4.98 Å². The van der Waals surface area contributed by atoms with Gasteiger partial charge in [0.1, 0.15) is 5.82 Å². The Labute approximate surface area is 138 Å². The van der Waals surface area contributed by atoms with Gasteiger partial charge in [-0.25, -0.2) is 4.98 Å². The van der Waals surface area contributed by atoms with E-state index in [2.05, 4.69) is 43.9 Å². The molecule has 2 rings (SSSR count). The lowest BCUT2D eigenvalue weighted by Gasteiger charge is -2.28. The molecule has 0 saturated carbocycles. The smallest absolute Gasteiger partial charge is 0.229 e. The quantitative estimate of drug-likeness (QED) is 0.768. The van der Waals surface area contributed by atoms with Crippen LogP contribution in [0.1, 0.15) is 20.8 Å². The number of hydrogen-bond donors (Lipinski definition) is 1. The van der Waals surface area contributed by atoms with Crippen LogP contribution in [-0.2, 0) is 4.79 Å². The molecule has 1 aliphatic rings. The Kier molecular flexibility index (Phi) is 5.17. The summed E-state index contributed by atoms with van der Waals surface area (Å²) in [6.07, 6.45) is 1.77. The molecule has 0 spiro atoms. The van der Waals surface area contributed by atoms with Crippen molar-refractivity contribution in [3.63, 3.8) is 0 Å². The summed E-state index contributed by atoms with van der Waals surface area (Å²) < 4.78 is 1.03. The van der Waals surface area contributed by atoms with Crippen molar-refractivity contribution in [3.8, 4) is 0 Å². The van der Waals surface area contributed by atoms with E-state index in [0.717, 1.165) is 39.7 Å². The second-order valence-corrected chi connectivity index (χ2v) is 8.21. The molecule has 0 aliphatic carbocycles. The zero-order valence-corrected chi connectivity index (χ0v) is 15.0. The molecule has 0 bridgehead atoms. The van der Waals surface area contributed by atoms with E-state index >= 15 is 0 Å². The van der Waals surface area contributed by atoms with Gasteiger partial charge in [-0.05, 0) is 28.7 Å². The number of hydrogen-bond acceptors (Lipinski definition) is 4. The van der Waals surface area contributed by atoms with Crippen LogP contribution in [0.15, 0.2) is 12.3 Å².